The number of phenols is 1. The van der Waals surface area contributed by atoms with E-state index in [9.17, 15) is 9.90 Å². The number of hydrogen-bond donors (Lipinski definition) is 2. The van der Waals surface area contributed by atoms with Crippen molar-refractivity contribution in [2.24, 2.45) is 5.92 Å². The summed E-state index contributed by atoms with van der Waals surface area (Å²) in [6.45, 7) is 4.50. The minimum atomic E-state index is -0.362. The van der Waals surface area contributed by atoms with Gasteiger partial charge in [-0.25, -0.2) is 0 Å². The van der Waals surface area contributed by atoms with E-state index in [0.717, 1.165) is 12.0 Å². The summed E-state index contributed by atoms with van der Waals surface area (Å²) in [5.41, 5.74) is 0.897. The molecule has 6 heteroatoms. The number of esters is 1. The number of hydrogen-bond acceptors (Lipinski definition) is 5. The van der Waals surface area contributed by atoms with Gasteiger partial charge in [-0.15, -0.1) is 0 Å². The number of halogens is 1. The highest BCUT2D eigenvalue weighted by molar-refractivity contribution is 9.10. The predicted molar refractivity (Wildman–Crippen MR) is 84.5 cm³/mol. The Morgan fingerprint density at radius 3 is 2.62 bits per heavy atom. The standard InChI is InChI=1S/C15H22BrNO4/c1-5-9(2)13(15(19)21-4)17-8-10-6-11(16)14(18)12(7-10)20-3/h6-7,9,13,17-18H,5,8H2,1-4H3. The lowest BCUT2D eigenvalue weighted by molar-refractivity contribution is -0.144. The summed E-state index contributed by atoms with van der Waals surface area (Å²) in [7, 11) is 2.88. The summed E-state index contributed by atoms with van der Waals surface area (Å²) < 4.78 is 10.5. The van der Waals surface area contributed by atoms with Gasteiger partial charge in [-0.2, -0.15) is 0 Å². The number of aromatic hydroxyl groups is 1. The Balaban J connectivity index is 2.85. The summed E-state index contributed by atoms with van der Waals surface area (Å²) in [6.07, 6.45) is 0.870. The fourth-order valence-electron chi connectivity index (χ4n) is 1.99. The molecule has 0 heterocycles. The van der Waals surface area contributed by atoms with Crippen molar-refractivity contribution in [1.82, 2.24) is 5.32 Å². The van der Waals surface area contributed by atoms with Crippen LogP contribution in [0.2, 0.25) is 0 Å². The molecule has 1 aromatic rings. The van der Waals surface area contributed by atoms with E-state index in [4.69, 9.17) is 9.47 Å². The van der Waals surface area contributed by atoms with Gasteiger partial charge in [0.2, 0.25) is 0 Å². The second-order valence-corrected chi connectivity index (χ2v) is 5.75. The second-order valence-electron chi connectivity index (χ2n) is 4.90. The van der Waals surface area contributed by atoms with Gasteiger partial charge in [0, 0.05) is 6.54 Å². The van der Waals surface area contributed by atoms with E-state index in [-0.39, 0.29) is 23.7 Å². The molecule has 21 heavy (non-hydrogen) atoms. The van der Waals surface area contributed by atoms with Crippen molar-refractivity contribution >= 4 is 21.9 Å². The molecule has 0 aliphatic heterocycles. The van der Waals surface area contributed by atoms with Gasteiger partial charge < -0.3 is 19.9 Å². The zero-order valence-corrected chi connectivity index (χ0v) is 14.4. The topological polar surface area (TPSA) is 67.8 Å². The summed E-state index contributed by atoms with van der Waals surface area (Å²) >= 11 is 3.28. The molecule has 0 amide bonds. The molecule has 5 nitrogen and oxygen atoms in total. The maximum atomic E-state index is 11.8. The van der Waals surface area contributed by atoms with Gasteiger partial charge >= 0.3 is 5.97 Å². The lowest BCUT2D eigenvalue weighted by Crippen LogP contribution is -2.42. The number of methoxy groups -OCH3 is 2. The SMILES string of the molecule is CCC(C)C(NCc1cc(Br)c(O)c(OC)c1)C(=O)OC. The van der Waals surface area contributed by atoms with Crippen LogP contribution in [0.1, 0.15) is 25.8 Å². The molecule has 0 aliphatic rings. The molecule has 0 radical (unpaired) electrons. The fourth-order valence-corrected chi connectivity index (χ4v) is 2.48. The third kappa shape index (κ3) is 4.61. The number of carbonyl (C=O) groups is 1. The lowest BCUT2D eigenvalue weighted by atomic mass is 9.99. The third-order valence-corrected chi connectivity index (χ3v) is 4.11. The molecule has 0 saturated carbocycles. The Kier molecular flexibility index (Phi) is 6.98. The van der Waals surface area contributed by atoms with Gasteiger partial charge in [0.1, 0.15) is 6.04 Å². The van der Waals surface area contributed by atoms with Crippen LogP contribution in [0.15, 0.2) is 16.6 Å². The Hall–Kier alpha value is -1.27. The average molecular weight is 360 g/mol. The first kappa shape index (κ1) is 17.8. The van der Waals surface area contributed by atoms with E-state index in [2.05, 4.69) is 21.2 Å². The van der Waals surface area contributed by atoms with E-state index < -0.39 is 0 Å². The number of nitrogens with one attached hydrogen (secondary N) is 1. The van der Waals surface area contributed by atoms with E-state index in [1.165, 1.54) is 14.2 Å². The Morgan fingerprint density at radius 2 is 2.10 bits per heavy atom. The van der Waals surface area contributed by atoms with E-state index in [0.29, 0.717) is 16.8 Å². The molecular weight excluding hydrogens is 338 g/mol. The third-order valence-electron chi connectivity index (χ3n) is 3.50. The van der Waals surface area contributed by atoms with Crippen LogP contribution in [-0.4, -0.2) is 31.3 Å². The van der Waals surface area contributed by atoms with Crippen LogP contribution in [0, 0.1) is 5.92 Å². The van der Waals surface area contributed by atoms with Crippen LogP contribution in [0.5, 0.6) is 11.5 Å². The average Bonchev–Trinajstić information content (AvgIpc) is 2.49. The molecule has 1 rings (SSSR count). The van der Waals surface area contributed by atoms with Crippen molar-refractivity contribution in [2.45, 2.75) is 32.9 Å². The molecule has 0 aliphatic carbocycles. The Bertz CT molecular complexity index is 493. The van der Waals surface area contributed by atoms with Gasteiger partial charge in [0.05, 0.1) is 18.7 Å². The second kappa shape index (κ2) is 8.24. The van der Waals surface area contributed by atoms with Crippen LogP contribution in [-0.2, 0) is 16.1 Å². The van der Waals surface area contributed by atoms with Crippen molar-refractivity contribution < 1.29 is 19.4 Å². The zero-order valence-electron chi connectivity index (χ0n) is 12.8. The van der Waals surface area contributed by atoms with Crippen molar-refractivity contribution in [2.75, 3.05) is 14.2 Å². The maximum absolute atomic E-state index is 11.8. The molecule has 0 fully saturated rings. The predicted octanol–water partition coefficient (Wildman–Crippen LogP) is 2.84. The van der Waals surface area contributed by atoms with Crippen molar-refractivity contribution in [3.8, 4) is 11.5 Å². The smallest absolute Gasteiger partial charge is 0.323 e. The molecule has 0 bridgehead atoms. The van der Waals surface area contributed by atoms with Gasteiger partial charge in [-0.05, 0) is 39.5 Å². The molecular formula is C15H22BrNO4. The summed E-state index contributed by atoms with van der Waals surface area (Å²) in [4.78, 5) is 11.8. The van der Waals surface area contributed by atoms with Gasteiger partial charge in [0.25, 0.3) is 0 Å². The summed E-state index contributed by atoms with van der Waals surface area (Å²) in [5, 5.41) is 13.0. The molecule has 0 aromatic heterocycles. The van der Waals surface area contributed by atoms with Crippen LogP contribution in [0.25, 0.3) is 0 Å². The van der Waals surface area contributed by atoms with Crippen molar-refractivity contribution in [3.05, 3.63) is 22.2 Å². The molecule has 1 aromatic carbocycles. The quantitative estimate of drug-likeness (QED) is 0.732. The largest absolute Gasteiger partial charge is 0.503 e. The number of phenolic OH excluding ortho intramolecular Hbond substituents is 1. The van der Waals surface area contributed by atoms with Crippen LogP contribution < -0.4 is 10.1 Å². The number of ether oxygens (including phenoxy) is 2. The van der Waals surface area contributed by atoms with Gasteiger partial charge in [0.15, 0.2) is 11.5 Å². The number of rotatable bonds is 7. The highest BCUT2D eigenvalue weighted by atomic mass is 79.9. The fraction of sp³-hybridized carbons (Fsp3) is 0.533. The highest BCUT2D eigenvalue weighted by Gasteiger charge is 2.24. The van der Waals surface area contributed by atoms with Gasteiger partial charge in [-0.1, -0.05) is 20.3 Å². The molecule has 2 unspecified atom stereocenters. The molecule has 118 valence electrons. The highest BCUT2D eigenvalue weighted by Crippen LogP contribution is 2.35. The van der Waals surface area contributed by atoms with Crippen molar-refractivity contribution in [3.63, 3.8) is 0 Å². The zero-order chi connectivity index (χ0) is 16.0. The monoisotopic (exact) mass is 359 g/mol. The first-order valence-corrected chi connectivity index (χ1v) is 7.60. The van der Waals surface area contributed by atoms with Gasteiger partial charge in [-0.3, -0.25) is 4.79 Å². The first-order valence-electron chi connectivity index (χ1n) is 6.81. The molecule has 0 spiro atoms. The van der Waals surface area contributed by atoms with E-state index in [1.807, 2.05) is 13.8 Å². The molecule has 0 saturated heterocycles. The van der Waals surface area contributed by atoms with E-state index >= 15 is 0 Å². The number of benzene rings is 1. The van der Waals surface area contributed by atoms with E-state index in [1.54, 1.807) is 12.1 Å². The van der Waals surface area contributed by atoms with Crippen LogP contribution >= 0.6 is 15.9 Å². The lowest BCUT2D eigenvalue weighted by Gasteiger charge is -2.22. The summed E-state index contributed by atoms with van der Waals surface area (Å²) in [6, 6.07) is 3.16. The Labute approximate surface area is 133 Å². The van der Waals surface area contributed by atoms with Crippen molar-refractivity contribution in [1.29, 1.82) is 0 Å². The minimum Gasteiger partial charge on any atom is -0.503 e. The van der Waals surface area contributed by atoms with Crippen LogP contribution in [0.3, 0.4) is 0 Å². The van der Waals surface area contributed by atoms with Crippen LogP contribution in [0.4, 0.5) is 0 Å². The molecule has 2 N–H and O–H groups in total. The summed E-state index contributed by atoms with van der Waals surface area (Å²) in [5.74, 6) is 0.348. The Morgan fingerprint density at radius 1 is 1.43 bits per heavy atom. The number of carbonyl (C=O) groups excluding carboxylic acids is 1. The normalized spacial score (nSPS) is 13.6. The minimum absolute atomic E-state index is 0.0627. The first-order chi connectivity index (χ1) is 9.94. The maximum Gasteiger partial charge on any atom is 0.323 e. The molecule has 2 atom stereocenters.